The Morgan fingerprint density at radius 2 is 1.80 bits per heavy atom. The number of nitrogens with one attached hydrogen (secondary N) is 1. The minimum atomic E-state index is -5.17. The van der Waals surface area contributed by atoms with Crippen LogP contribution in [0.25, 0.3) is 0 Å². The number of anilines is 1. The van der Waals surface area contributed by atoms with Crippen LogP contribution in [0.2, 0.25) is 0 Å². The molecule has 1 aliphatic heterocycles. The smallest absolute Gasteiger partial charge is 0.419 e. The van der Waals surface area contributed by atoms with Gasteiger partial charge in [0, 0.05) is 18.0 Å². The Labute approximate surface area is 169 Å². The minimum Gasteiger partial charge on any atom is -0.481 e. The molecule has 0 aliphatic carbocycles. The maximum absolute atomic E-state index is 14.6. The number of carboxylic acids is 1. The monoisotopic (exact) mass is 436 g/mol. The number of benzene rings is 1. The Balaban J connectivity index is 2.37. The average molecular weight is 436 g/mol. The maximum Gasteiger partial charge on any atom is 0.419 e. The summed E-state index contributed by atoms with van der Waals surface area (Å²) in [6.45, 7) is 4.64. The number of carboxylic acid groups (broad SMARTS) is 1. The third-order valence-electron chi connectivity index (χ3n) is 5.21. The molecule has 1 aliphatic rings. The maximum atomic E-state index is 14.6. The number of alkyl halides is 3. The van der Waals surface area contributed by atoms with Crippen molar-refractivity contribution < 1.29 is 41.4 Å². The van der Waals surface area contributed by atoms with Gasteiger partial charge in [0.1, 0.15) is 18.2 Å². The van der Waals surface area contributed by atoms with Crippen LogP contribution < -0.4 is 10.2 Å². The molecule has 1 heterocycles. The molecule has 0 aromatic heterocycles. The lowest BCUT2D eigenvalue weighted by Gasteiger charge is -2.23. The average Bonchev–Trinajstić information content (AvgIpc) is 2.77. The highest BCUT2D eigenvalue weighted by atomic mass is 19.4. The molecule has 2 unspecified atom stereocenters. The zero-order chi connectivity index (χ0) is 23.2. The third-order valence-corrected chi connectivity index (χ3v) is 5.21. The predicted octanol–water partition coefficient (Wildman–Crippen LogP) is 3.22. The van der Waals surface area contributed by atoms with Gasteiger partial charge in [0.25, 0.3) is 0 Å². The summed E-state index contributed by atoms with van der Waals surface area (Å²) < 4.78 is 68.4. The number of aliphatic carboxylic acids is 1. The first-order valence-corrected chi connectivity index (χ1v) is 9.01. The number of fused-ring (bicyclic) bond motifs is 1. The number of amides is 2. The SMILES string of the molecule is CC(CC(=O)O)C(C)NC(=O)CN1C(=O)C(C)(C)c2c(F)c(C(F)(F)F)cc(F)c21. The first kappa shape index (κ1) is 23.6. The van der Waals surface area contributed by atoms with E-state index >= 15 is 0 Å². The van der Waals surface area contributed by atoms with Crippen molar-refractivity contribution in [2.24, 2.45) is 5.92 Å². The fourth-order valence-electron chi connectivity index (χ4n) is 3.39. The Hall–Kier alpha value is -2.72. The number of rotatable bonds is 6. The summed E-state index contributed by atoms with van der Waals surface area (Å²) in [5, 5.41) is 11.3. The van der Waals surface area contributed by atoms with Crippen molar-refractivity contribution in [3.05, 3.63) is 28.8 Å². The molecule has 6 nitrogen and oxygen atoms in total. The molecule has 2 rings (SSSR count). The van der Waals surface area contributed by atoms with Crippen LogP contribution in [0.4, 0.5) is 27.6 Å². The summed E-state index contributed by atoms with van der Waals surface area (Å²) in [4.78, 5) is 36.4. The molecule has 166 valence electrons. The van der Waals surface area contributed by atoms with Crippen LogP contribution in [-0.2, 0) is 26.0 Å². The second-order valence-corrected chi connectivity index (χ2v) is 7.89. The van der Waals surface area contributed by atoms with E-state index in [0.29, 0.717) is 4.90 Å². The van der Waals surface area contributed by atoms with E-state index in [-0.39, 0.29) is 12.5 Å². The second kappa shape index (κ2) is 7.84. The van der Waals surface area contributed by atoms with E-state index in [4.69, 9.17) is 5.11 Å². The summed E-state index contributed by atoms with van der Waals surface area (Å²) in [5.41, 5.74) is -5.14. The van der Waals surface area contributed by atoms with Crippen LogP contribution in [0.15, 0.2) is 6.07 Å². The van der Waals surface area contributed by atoms with Gasteiger partial charge in [-0.2, -0.15) is 13.2 Å². The van der Waals surface area contributed by atoms with Crippen LogP contribution in [0.1, 0.15) is 45.2 Å². The van der Waals surface area contributed by atoms with Crippen molar-refractivity contribution in [3.63, 3.8) is 0 Å². The summed E-state index contributed by atoms with van der Waals surface area (Å²) in [6.07, 6.45) is -5.40. The third kappa shape index (κ3) is 4.24. The number of halogens is 5. The fourth-order valence-corrected chi connectivity index (χ4v) is 3.39. The van der Waals surface area contributed by atoms with Gasteiger partial charge >= 0.3 is 12.1 Å². The van der Waals surface area contributed by atoms with Gasteiger partial charge in [0.15, 0.2) is 0 Å². The van der Waals surface area contributed by atoms with Crippen LogP contribution in [0.5, 0.6) is 0 Å². The Morgan fingerprint density at radius 1 is 1.23 bits per heavy atom. The van der Waals surface area contributed by atoms with Crippen molar-refractivity contribution in [1.82, 2.24) is 5.32 Å². The summed E-state index contributed by atoms with van der Waals surface area (Å²) in [7, 11) is 0. The highest BCUT2D eigenvalue weighted by molar-refractivity contribution is 6.10. The molecule has 0 fully saturated rings. The molecule has 30 heavy (non-hydrogen) atoms. The van der Waals surface area contributed by atoms with E-state index in [1.54, 1.807) is 6.92 Å². The van der Waals surface area contributed by atoms with Gasteiger partial charge in [-0.15, -0.1) is 0 Å². The van der Waals surface area contributed by atoms with Crippen molar-refractivity contribution in [2.45, 2.75) is 51.7 Å². The number of carbonyl (C=O) groups is 3. The molecule has 0 radical (unpaired) electrons. The van der Waals surface area contributed by atoms with Gasteiger partial charge in [0.2, 0.25) is 11.8 Å². The highest BCUT2D eigenvalue weighted by Gasteiger charge is 2.51. The van der Waals surface area contributed by atoms with E-state index in [0.717, 1.165) is 13.8 Å². The van der Waals surface area contributed by atoms with Gasteiger partial charge in [-0.25, -0.2) is 8.78 Å². The van der Waals surface area contributed by atoms with E-state index in [1.807, 2.05) is 0 Å². The van der Waals surface area contributed by atoms with Crippen molar-refractivity contribution in [2.75, 3.05) is 11.4 Å². The minimum absolute atomic E-state index is 0.0364. The highest BCUT2D eigenvalue weighted by Crippen LogP contribution is 2.47. The normalized spacial score (nSPS) is 17.5. The van der Waals surface area contributed by atoms with Gasteiger partial charge in [-0.1, -0.05) is 6.92 Å². The second-order valence-electron chi connectivity index (χ2n) is 7.89. The molecule has 0 saturated heterocycles. The lowest BCUT2D eigenvalue weighted by Crippen LogP contribution is -2.46. The molecular weight excluding hydrogens is 415 g/mol. The standard InChI is InChI=1S/C19H21F5N2O4/c1-8(5-13(28)29)9(2)25-12(27)7-26-16-11(20)6-10(19(22,23)24)15(21)14(16)18(3,4)17(26)30/h6,8-9H,5,7H2,1-4H3,(H,25,27)(H,28,29). The molecule has 1 aromatic carbocycles. The van der Waals surface area contributed by atoms with Gasteiger partial charge in [-0.05, 0) is 32.8 Å². The first-order chi connectivity index (χ1) is 13.6. The Kier molecular flexibility index (Phi) is 6.16. The molecular formula is C19H21F5N2O4. The molecule has 2 N–H and O–H groups in total. The number of hydrogen-bond acceptors (Lipinski definition) is 3. The molecule has 0 bridgehead atoms. The lowest BCUT2D eigenvalue weighted by atomic mass is 9.84. The molecule has 0 saturated carbocycles. The number of hydrogen-bond donors (Lipinski definition) is 2. The zero-order valence-electron chi connectivity index (χ0n) is 16.7. The van der Waals surface area contributed by atoms with Crippen LogP contribution >= 0.6 is 0 Å². The number of nitrogens with zero attached hydrogens (tertiary/aromatic N) is 1. The number of carbonyl (C=O) groups excluding carboxylic acids is 2. The fraction of sp³-hybridized carbons (Fsp3) is 0.526. The van der Waals surface area contributed by atoms with Crippen molar-refractivity contribution >= 4 is 23.5 Å². The van der Waals surface area contributed by atoms with Crippen LogP contribution in [-0.4, -0.2) is 35.5 Å². The summed E-state index contributed by atoms with van der Waals surface area (Å²) in [6, 6.07) is -0.654. The van der Waals surface area contributed by atoms with E-state index in [9.17, 15) is 36.3 Å². The van der Waals surface area contributed by atoms with E-state index < -0.39 is 76.3 Å². The van der Waals surface area contributed by atoms with Crippen LogP contribution in [0, 0.1) is 17.6 Å². The Bertz CT molecular complexity index is 898. The first-order valence-electron chi connectivity index (χ1n) is 9.01. The predicted molar refractivity (Wildman–Crippen MR) is 95.8 cm³/mol. The molecule has 0 spiro atoms. The zero-order valence-corrected chi connectivity index (χ0v) is 16.7. The largest absolute Gasteiger partial charge is 0.481 e. The quantitative estimate of drug-likeness (QED) is 0.671. The Morgan fingerprint density at radius 3 is 2.30 bits per heavy atom. The van der Waals surface area contributed by atoms with Crippen molar-refractivity contribution in [1.29, 1.82) is 0 Å². The van der Waals surface area contributed by atoms with E-state index in [1.165, 1.54) is 6.92 Å². The van der Waals surface area contributed by atoms with E-state index in [2.05, 4.69) is 5.32 Å². The lowest BCUT2D eigenvalue weighted by molar-refractivity contribution is -0.140. The molecule has 1 aromatic rings. The van der Waals surface area contributed by atoms with Gasteiger partial charge in [-0.3, -0.25) is 19.3 Å². The summed E-state index contributed by atoms with van der Waals surface area (Å²) >= 11 is 0. The molecule has 2 atom stereocenters. The molecule has 2 amide bonds. The van der Waals surface area contributed by atoms with Crippen molar-refractivity contribution in [3.8, 4) is 0 Å². The van der Waals surface area contributed by atoms with Gasteiger partial charge in [0.05, 0.1) is 16.7 Å². The topological polar surface area (TPSA) is 86.7 Å². The summed E-state index contributed by atoms with van der Waals surface area (Å²) in [5.74, 6) is -6.51. The van der Waals surface area contributed by atoms with Gasteiger partial charge < -0.3 is 10.4 Å². The molecule has 11 heteroatoms. The van der Waals surface area contributed by atoms with Crippen LogP contribution in [0.3, 0.4) is 0 Å².